The molecule has 1 aromatic heterocycles. The highest BCUT2D eigenvalue weighted by Gasteiger charge is 2.36. The minimum absolute atomic E-state index is 0.0737. The average molecular weight is 433 g/mol. The Balaban J connectivity index is 1.43. The van der Waals surface area contributed by atoms with E-state index in [1.54, 1.807) is 35.6 Å². The van der Waals surface area contributed by atoms with Crippen molar-refractivity contribution in [1.29, 1.82) is 0 Å². The largest absolute Gasteiger partial charge is 0.363 e. The number of allylic oxidation sites excluding steroid dienone is 2. The van der Waals surface area contributed by atoms with Crippen LogP contribution < -0.4 is 10.2 Å². The number of fused-ring (bicyclic) bond motifs is 2. The van der Waals surface area contributed by atoms with E-state index >= 15 is 0 Å². The Labute approximate surface area is 183 Å². The molecule has 1 fully saturated rings. The Hall–Kier alpha value is -3.52. The number of rotatable bonds is 3. The Bertz CT molecular complexity index is 1220. The Morgan fingerprint density at radius 3 is 2.19 bits per heavy atom. The Kier molecular flexibility index (Phi) is 4.78. The monoisotopic (exact) mass is 432 g/mol. The van der Waals surface area contributed by atoms with Crippen molar-refractivity contribution in [3.8, 4) is 0 Å². The van der Waals surface area contributed by atoms with Gasteiger partial charge in [0, 0.05) is 44.2 Å². The molecule has 1 N–H and O–H groups in total. The smallest absolute Gasteiger partial charge is 0.221 e. The molecule has 2 aliphatic rings. The van der Waals surface area contributed by atoms with Crippen LogP contribution in [-0.2, 0) is 4.79 Å². The van der Waals surface area contributed by atoms with Crippen LogP contribution in [-0.4, -0.2) is 53.5 Å². The van der Waals surface area contributed by atoms with Crippen molar-refractivity contribution >= 4 is 44.2 Å². The van der Waals surface area contributed by atoms with E-state index in [0.29, 0.717) is 37.3 Å². The Morgan fingerprint density at radius 1 is 0.903 bits per heavy atom. The quantitative estimate of drug-likeness (QED) is 0.685. The van der Waals surface area contributed by atoms with Gasteiger partial charge in [-0.05, 0) is 12.1 Å². The maximum absolute atomic E-state index is 13.3. The second-order valence-electron chi connectivity index (χ2n) is 7.55. The number of amides is 1. The fourth-order valence-electron chi connectivity index (χ4n) is 4.07. The number of thiazole rings is 1. The van der Waals surface area contributed by atoms with Crippen molar-refractivity contribution in [2.75, 3.05) is 31.1 Å². The molecule has 0 saturated carbocycles. The highest BCUT2D eigenvalue weighted by Crippen LogP contribution is 2.31. The maximum atomic E-state index is 13.3. The maximum Gasteiger partial charge on any atom is 0.221 e. The third kappa shape index (κ3) is 3.38. The van der Waals surface area contributed by atoms with Crippen LogP contribution >= 0.6 is 11.3 Å². The number of ketones is 2. The number of para-hydroxylation sites is 1. The van der Waals surface area contributed by atoms with Gasteiger partial charge >= 0.3 is 0 Å². The first-order valence-electron chi connectivity index (χ1n) is 10.1. The van der Waals surface area contributed by atoms with Crippen LogP contribution in [0.4, 0.5) is 5.13 Å². The molecule has 1 aliphatic carbocycles. The normalized spacial score (nSPS) is 16.7. The fourth-order valence-corrected chi connectivity index (χ4v) is 5.09. The highest BCUT2D eigenvalue weighted by atomic mass is 32.1. The summed E-state index contributed by atoms with van der Waals surface area (Å²) in [7, 11) is 0. The van der Waals surface area contributed by atoms with Crippen LogP contribution in [0.15, 0.2) is 59.9 Å². The number of benzene rings is 2. The van der Waals surface area contributed by atoms with Crippen LogP contribution in [0.5, 0.6) is 0 Å². The van der Waals surface area contributed by atoms with Crippen molar-refractivity contribution in [2.45, 2.75) is 6.92 Å². The first-order valence-corrected chi connectivity index (χ1v) is 10.9. The van der Waals surface area contributed by atoms with Gasteiger partial charge in [0.1, 0.15) is 11.4 Å². The van der Waals surface area contributed by atoms with E-state index in [2.05, 4.69) is 16.3 Å². The number of aromatic nitrogens is 1. The van der Waals surface area contributed by atoms with Gasteiger partial charge in [0.05, 0.1) is 10.2 Å². The van der Waals surface area contributed by atoms with Gasteiger partial charge in [-0.2, -0.15) is 0 Å². The number of hydrogen-bond acceptors (Lipinski definition) is 7. The predicted octanol–water partition coefficient (Wildman–Crippen LogP) is 2.85. The standard InChI is InChI=1S/C23H20N4O3S/c1-14(28)24-19-20(22(30)16-7-3-2-6-15(16)21(19)29)26-10-12-27(13-11-26)23-25-17-8-4-5-9-18(17)31-23/h2-9H,10-13H2,1H3,(H,24,28). The lowest BCUT2D eigenvalue weighted by Crippen LogP contribution is -2.49. The van der Waals surface area contributed by atoms with E-state index in [-0.39, 0.29) is 28.9 Å². The second-order valence-corrected chi connectivity index (χ2v) is 8.56. The van der Waals surface area contributed by atoms with Crippen LogP contribution in [0, 0.1) is 0 Å². The summed E-state index contributed by atoms with van der Waals surface area (Å²) in [6.07, 6.45) is 0. The SMILES string of the molecule is CC(=O)NC1=C(N2CCN(c3nc4ccccc4s3)CC2)C(=O)c2ccccc2C1=O. The molecule has 1 saturated heterocycles. The molecule has 156 valence electrons. The zero-order valence-electron chi connectivity index (χ0n) is 16.9. The van der Waals surface area contributed by atoms with Gasteiger partial charge in [0.15, 0.2) is 5.13 Å². The number of Topliss-reactive ketones (excluding diaryl/α,β-unsaturated/α-hetero) is 2. The number of nitrogens with one attached hydrogen (secondary N) is 1. The van der Waals surface area contributed by atoms with Gasteiger partial charge in [0.25, 0.3) is 0 Å². The first-order chi connectivity index (χ1) is 15.0. The molecule has 0 unspecified atom stereocenters. The van der Waals surface area contributed by atoms with Gasteiger partial charge in [-0.1, -0.05) is 47.7 Å². The summed E-state index contributed by atoms with van der Waals surface area (Å²) in [5, 5.41) is 3.57. The fraction of sp³-hybridized carbons (Fsp3) is 0.217. The van der Waals surface area contributed by atoms with E-state index < -0.39 is 0 Å². The van der Waals surface area contributed by atoms with E-state index in [9.17, 15) is 14.4 Å². The summed E-state index contributed by atoms with van der Waals surface area (Å²) in [4.78, 5) is 47.0. The van der Waals surface area contributed by atoms with Crippen LogP contribution in [0.25, 0.3) is 10.2 Å². The molecule has 1 aliphatic heterocycles. The average Bonchev–Trinajstić information content (AvgIpc) is 3.22. The van der Waals surface area contributed by atoms with Crippen molar-refractivity contribution in [2.24, 2.45) is 0 Å². The summed E-state index contributed by atoms with van der Waals surface area (Å²) in [6.45, 7) is 3.78. The first kappa shape index (κ1) is 19.4. The van der Waals surface area contributed by atoms with Gasteiger partial charge < -0.3 is 15.1 Å². The van der Waals surface area contributed by atoms with Crippen molar-refractivity contribution in [3.63, 3.8) is 0 Å². The molecule has 31 heavy (non-hydrogen) atoms. The lowest BCUT2D eigenvalue weighted by Gasteiger charge is -2.38. The minimum Gasteiger partial charge on any atom is -0.363 e. The number of piperazine rings is 1. The molecule has 2 heterocycles. The van der Waals surface area contributed by atoms with Gasteiger partial charge in [-0.3, -0.25) is 14.4 Å². The van der Waals surface area contributed by atoms with Crippen molar-refractivity contribution in [3.05, 3.63) is 71.1 Å². The highest BCUT2D eigenvalue weighted by molar-refractivity contribution is 7.22. The van der Waals surface area contributed by atoms with Crippen molar-refractivity contribution < 1.29 is 14.4 Å². The molecular weight excluding hydrogens is 412 g/mol. The number of anilines is 1. The molecule has 8 heteroatoms. The molecule has 0 atom stereocenters. The predicted molar refractivity (Wildman–Crippen MR) is 119 cm³/mol. The third-order valence-corrected chi connectivity index (χ3v) is 6.64. The van der Waals surface area contributed by atoms with Crippen LogP contribution in [0.2, 0.25) is 0 Å². The van der Waals surface area contributed by atoms with E-state index in [1.807, 2.05) is 23.1 Å². The summed E-state index contributed by atoms with van der Waals surface area (Å²) in [6, 6.07) is 14.8. The van der Waals surface area contributed by atoms with Crippen LogP contribution in [0.1, 0.15) is 27.6 Å². The molecule has 3 aromatic rings. The summed E-state index contributed by atoms with van der Waals surface area (Å²) in [5.41, 5.74) is 2.04. The lowest BCUT2D eigenvalue weighted by atomic mass is 9.89. The molecule has 5 rings (SSSR count). The van der Waals surface area contributed by atoms with E-state index in [1.165, 1.54) is 6.92 Å². The minimum atomic E-state index is -0.374. The van der Waals surface area contributed by atoms with Crippen molar-refractivity contribution in [1.82, 2.24) is 15.2 Å². The van der Waals surface area contributed by atoms with Gasteiger partial charge in [0.2, 0.25) is 17.5 Å². The number of carbonyl (C=O) groups excluding carboxylic acids is 3. The molecule has 0 radical (unpaired) electrons. The molecule has 1 amide bonds. The molecule has 0 spiro atoms. The van der Waals surface area contributed by atoms with Gasteiger partial charge in [-0.25, -0.2) is 4.98 Å². The van der Waals surface area contributed by atoms with E-state index in [4.69, 9.17) is 4.98 Å². The molecule has 7 nitrogen and oxygen atoms in total. The second kappa shape index (κ2) is 7.63. The van der Waals surface area contributed by atoms with Gasteiger partial charge in [-0.15, -0.1) is 0 Å². The summed E-state index contributed by atoms with van der Waals surface area (Å²) >= 11 is 1.65. The zero-order chi connectivity index (χ0) is 21.5. The summed E-state index contributed by atoms with van der Waals surface area (Å²) < 4.78 is 1.14. The number of nitrogens with zero attached hydrogens (tertiary/aromatic N) is 3. The molecular formula is C23H20N4O3S. The topological polar surface area (TPSA) is 82.6 Å². The summed E-state index contributed by atoms with van der Waals surface area (Å²) in [5.74, 6) is -0.928. The number of hydrogen-bond donors (Lipinski definition) is 1. The molecule has 0 bridgehead atoms. The molecule has 2 aromatic carbocycles. The lowest BCUT2D eigenvalue weighted by molar-refractivity contribution is -0.118. The van der Waals surface area contributed by atoms with Crippen LogP contribution in [0.3, 0.4) is 0 Å². The zero-order valence-corrected chi connectivity index (χ0v) is 17.7. The number of carbonyl (C=O) groups is 3. The van der Waals surface area contributed by atoms with E-state index in [0.717, 1.165) is 15.3 Å². The third-order valence-electron chi connectivity index (χ3n) is 5.55. The Morgan fingerprint density at radius 2 is 1.52 bits per heavy atom.